The summed E-state index contributed by atoms with van der Waals surface area (Å²) in [6, 6.07) is 1.98. The van der Waals surface area contributed by atoms with E-state index in [1.807, 2.05) is 17.7 Å². The Kier molecular flexibility index (Phi) is 4.60. The molecule has 1 aliphatic rings. The summed E-state index contributed by atoms with van der Waals surface area (Å²) < 4.78 is 2.02. The van der Waals surface area contributed by atoms with Crippen LogP contribution in [-0.2, 0) is 11.8 Å². The fraction of sp³-hybridized carbons (Fsp3) is 0.368. The quantitative estimate of drug-likeness (QED) is 0.856. The van der Waals surface area contributed by atoms with Crippen molar-refractivity contribution in [2.24, 2.45) is 13.0 Å². The van der Waals surface area contributed by atoms with Crippen LogP contribution < -0.4 is 5.32 Å². The first-order chi connectivity index (χ1) is 11.2. The van der Waals surface area contributed by atoms with Crippen molar-refractivity contribution in [3.63, 3.8) is 0 Å². The highest BCUT2D eigenvalue weighted by atomic mass is 16.1. The summed E-state index contributed by atoms with van der Waals surface area (Å²) in [7, 11) is 2.00. The average molecular weight is 309 g/mol. The van der Waals surface area contributed by atoms with E-state index in [1.165, 1.54) is 38.2 Å². The van der Waals surface area contributed by atoms with Crippen molar-refractivity contribution in [2.75, 3.05) is 5.32 Å². The summed E-state index contributed by atoms with van der Waals surface area (Å²) in [6.07, 6.45) is 16.2. The van der Waals surface area contributed by atoms with Gasteiger partial charge < -0.3 is 9.88 Å². The van der Waals surface area contributed by atoms with E-state index in [0.29, 0.717) is 11.6 Å². The van der Waals surface area contributed by atoms with Gasteiger partial charge in [-0.1, -0.05) is 38.0 Å². The molecule has 1 amide bonds. The van der Waals surface area contributed by atoms with Crippen molar-refractivity contribution in [2.45, 2.75) is 32.1 Å². The lowest BCUT2D eigenvalue weighted by molar-refractivity contribution is -0.111. The Labute approximate surface area is 136 Å². The molecule has 0 atom stereocenters. The molecule has 1 N–H and O–H groups in total. The average Bonchev–Trinajstić information content (AvgIpc) is 2.89. The monoisotopic (exact) mass is 309 g/mol. The second-order valence-electron chi connectivity index (χ2n) is 6.24. The fourth-order valence-electron chi connectivity index (χ4n) is 3.25. The number of anilines is 1. The second-order valence-corrected chi connectivity index (χ2v) is 6.24. The molecule has 4 heteroatoms. The van der Waals surface area contributed by atoms with Crippen LogP contribution in [0.5, 0.6) is 0 Å². The van der Waals surface area contributed by atoms with Gasteiger partial charge in [0.15, 0.2) is 0 Å². The number of fused-ring (bicyclic) bond motifs is 1. The molecule has 23 heavy (non-hydrogen) atoms. The van der Waals surface area contributed by atoms with Crippen molar-refractivity contribution < 1.29 is 4.79 Å². The molecule has 0 aliphatic heterocycles. The first-order valence-corrected chi connectivity index (χ1v) is 8.24. The number of amides is 1. The molecule has 0 bridgehead atoms. The molecule has 4 nitrogen and oxygen atoms in total. The van der Waals surface area contributed by atoms with Gasteiger partial charge in [0, 0.05) is 24.2 Å². The SMILES string of the molecule is C=CC(=O)Nc1cnc2c(c1)c(C=CC1CCCCC1)cn2C. The zero-order chi connectivity index (χ0) is 16.2. The molecular weight excluding hydrogens is 286 g/mol. The highest BCUT2D eigenvalue weighted by Gasteiger charge is 2.11. The molecule has 0 aromatic carbocycles. The summed E-state index contributed by atoms with van der Waals surface area (Å²) in [5.41, 5.74) is 2.76. The Morgan fingerprint density at radius 2 is 2.17 bits per heavy atom. The Balaban J connectivity index is 1.89. The van der Waals surface area contributed by atoms with Crippen LogP contribution in [0.15, 0.2) is 37.2 Å². The maximum atomic E-state index is 11.5. The Bertz CT molecular complexity index is 751. The van der Waals surface area contributed by atoms with Crippen LogP contribution in [0.2, 0.25) is 0 Å². The number of carbonyl (C=O) groups excluding carboxylic acids is 1. The maximum Gasteiger partial charge on any atom is 0.247 e. The normalized spacial score (nSPS) is 16.0. The zero-order valence-electron chi connectivity index (χ0n) is 13.6. The molecule has 2 aromatic heterocycles. The third-order valence-corrected chi connectivity index (χ3v) is 4.50. The van der Waals surface area contributed by atoms with Crippen LogP contribution in [0.1, 0.15) is 37.7 Å². The molecule has 2 heterocycles. The molecular formula is C19H23N3O. The van der Waals surface area contributed by atoms with Gasteiger partial charge in [-0.2, -0.15) is 0 Å². The van der Waals surface area contributed by atoms with Crippen molar-refractivity contribution >= 4 is 28.7 Å². The van der Waals surface area contributed by atoms with Gasteiger partial charge >= 0.3 is 0 Å². The number of carbonyl (C=O) groups is 1. The lowest BCUT2D eigenvalue weighted by atomic mass is 9.89. The topological polar surface area (TPSA) is 46.9 Å². The van der Waals surface area contributed by atoms with Crippen LogP contribution in [0.4, 0.5) is 5.69 Å². The van der Waals surface area contributed by atoms with Crippen molar-refractivity contribution in [3.8, 4) is 0 Å². The lowest BCUT2D eigenvalue weighted by Crippen LogP contribution is -2.07. The van der Waals surface area contributed by atoms with Gasteiger partial charge in [0.25, 0.3) is 0 Å². The molecule has 1 aliphatic carbocycles. The first kappa shape index (κ1) is 15.5. The van der Waals surface area contributed by atoms with E-state index in [9.17, 15) is 4.79 Å². The molecule has 0 radical (unpaired) electrons. The Morgan fingerprint density at radius 1 is 1.39 bits per heavy atom. The summed E-state index contributed by atoms with van der Waals surface area (Å²) in [5, 5.41) is 3.83. The molecule has 0 unspecified atom stereocenters. The molecule has 3 rings (SSSR count). The van der Waals surface area contributed by atoms with E-state index in [2.05, 4.69) is 35.2 Å². The fourth-order valence-corrected chi connectivity index (χ4v) is 3.25. The van der Waals surface area contributed by atoms with Gasteiger partial charge in [-0.05, 0) is 30.9 Å². The Morgan fingerprint density at radius 3 is 2.91 bits per heavy atom. The standard InChI is InChI=1S/C19H23N3O/c1-3-18(23)21-16-11-17-15(13-22(2)19(17)20-12-16)10-9-14-7-5-4-6-8-14/h3,9-14H,1,4-8H2,2H3,(H,21,23). The molecule has 120 valence electrons. The third-order valence-electron chi connectivity index (χ3n) is 4.50. The number of nitrogens with zero attached hydrogens (tertiary/aromatic N) is 2. The van der Waals surface area contributed by atoms with Gasteiger partial charge in [0.05, 0.1) is 11.9 Å². The van der Waals surface area contributed by atoms with Gasteiger partial charge in [-0.15, -0.1) is 0 Å². The number of pyridine rings is 1. The van der Waals surface area contributed by atoms with E-state index in [4.69, 9.17) is 0 Å². The van der Waals surface area contributed by atoms with Crippen molar-refractivity contribution in [3.05, 3.63) is 42.8 Å². The maximum absolute atomic E-state index is 11.5. The van der Waals surface area contributed by atoms with E-state index >= 15 is 0 Å². The second kappa shape index (κ2) is 6.82. The number of hydrogen-bond acceptors (Lipinski definition) is 2. The van der Waals surface area contributed by atoms with E-state index in [0.717, 1.165) is 16.6 Å². The minimum atomic E-state index is -0.221. The highest BCUT2D eigenvalue weighted by molar-refractivity contribution is 6.00. The number of nitrogens with one attached hydrogen (secondary N) is 1. The smallest absolute Gasteiger partial charge is 0.247 e. The molecule has 1 saturated carbocycles. The van der Waals surface area contributed by atoms with Gasteiger partial charge in [0.2, 0.25) is 5.91 Å². The highest BCUT2D eigenvalue weighted by Crippen LogP contribution is 2.27. The number of hydrogen-bond donors (Lipinski definition) is 1. The minimum absolute atomic E-state index is 0.221. The van der Waals surface area contributed by atoms with E-state index < -0.39 is 0 Å². The third kappa shape index (κ3) is 3.52. The predicted octanol–water partition coefficient (Wildman–Crippen LogP) is 4.29. The largest absolute Gasteiger partial charge is 0.335 e. The van der Waals surface area contributed by atoms with Crippen LogP contribution in [0, 0.1) is 5.92 Å². The molecule has 1 fully saturated rings. The number of allylic oxidation sites excluding steroid dienone is 1. The van der Waals surface area contributed by atoms with Crippen LogP contribution in [0.3, 0.4) is 0 Å². The number of rotatable bonds is 4. The van der Waals surface area contributed by atoms with Gasteiger partial charge in [-0.3, -0.25) is 4.79 Å². The summed E-state index contributed by atoms with van der Waals surface area (Å²) in [6.45, 7) is 3.47. The lowest BCUT2D eigenvalue weighted by Gasteiger charge is -2.17. The van der Waals surface area contributed by atoms with Gasteiger partial charge in [-0.25, -0.2) is 4.98 Å². The summed E-state index contributed by atoms with van der Waals surface area (Å²) >= 11 is 0. The van der Waals surface area contributed by atoms with Crippen molar-refractivity contribution in [1.29, 1.82) is 0 Å². The first-order valence-electron chi connectivity index (χ1n) is 8.24. The van der Waals surface area contributed by atoms with Crippen LogP contribution in [-0.4, -0.2) is 15.5 Å². The van der Waals surface area contributed by atoms with Gasteiger partial charge in [0.1, 0.15) is 5.65 Å². The summed E-state index contributed by atoms with van der Waals surface area (Å²) in [4.78, 5) is 15.9. The van der Waals surface area contributed by atoms with E-state index in [1.54, 1.807) is 6.20 Å². The van der Waals surface area contributed by atoms with Crippen molar-refractivity contribution in [1.82, 2.24) is 9.55 Å². The Hall–Kier alpha value is -2.36. The number of aryl methyl sites for hydroxylation is 1. The zero-order valence-corrected chi connectivity index (χ0v) is 13.6. The molecule has 0 spiro atoms. The summed E-state index contributed by atoms with van der Waals surface area (Å²) in [5.74, 6) is 0.469. The predicted molar refractivity (Wildman–Crippen MR) is 95.1 cm³/mol. The number of aromatic nitrogens is 2. The molecule has 0 saturated heterocycles. The molecule has 2 aromatic rings. The van der Waals surface area contributed by atoms with E-state index in [-0.39, 0.29) is 5.91 Å². The van der Waals surface area contributed by atoms with Crippen LogP contribution in [0.25, 0.3) is 17.1 Å². The minimum Gasteiger partial charge on any atom is -0.335 e. The van der Waals surface area contributed by atoms with Crippen LogP contribution >= 0.6 is 0 Å².